The van der Waals surface area contributed by atoms with Crippen LogP contribution in [0.4, 0.5) is 0 Å². The highest BCUT2D eigenvalue weighted by Gasteiger charge is 2.10. The summed E-state index contributed by atoms with van der Waals surface area (Å²) >= 11 is 0. The summed E-state index contributed by atoms with van der Waals surface area (Å²) in [6.07, 6.45) is 4.88. The van der Waals surface area contributed by atoms with Gasteiger partial charge in [-0.15, -0.1) is 6.42 Å². The van der Waals surface area contributed by atoms with E-state index in [1.54, 1.807) is 6.92 Å². The van der Waals surface area contributed by atoms with Gasteiger partial charge in [0.15, 0.2) is 0 Å². The first-order chi connectivity index (χ1) is 3.12. The zero-order valence-corrected chi connectivity index (χ0v) is 4.31. The van der Waals surface area contributed by atoms with Gasteiger partial charge in [-0.05, 0) is 6.92 Å². The number of aliphatic hydroxyl groups is 1. The number of hydrogen-bond donors (Lipinski definition) is 2. The van der Waals surface area contributed by atoms with E-state index in [0.29, 0.717) is 0 Å². The summed E-state index contributed by atoms with van der Waals surface area (Å²) in [4.78, 5) is 0. The Morgan fingerprint density at radius 3 is 2.43 bits per heavy atom. The van der Waals surface area contributed by atoms with Gasteiger partial charge < -0.3 is 10.8 Å². The molecule has 0 saturated heterocycles. The van der Waals surface area contributed by atoms with Crippen LogP contribution in [0.3, 0.4) is 0 Å². The minimum absolute atomic E-state index is 0.163. The summed E-state index contributed by atoms with van der Waals surface area (Å²) in [5, 5.41) is 8.33. The lowest BCUT2D eigenvalue weighted by molar-refractivity contribution is 0.243. The Morgan fingerprint density at radius 2 is 2.43 bits per heavy atom. The van der Waals surface area contributed by atoms with Crippen LogP contribution in [0.1, 0.15) is 6.92 Å². The highest BCUT2D eigenvalue weighted by molar-refractivity contribution is 5.07. The van der Waals surface area contributed by atoms with Crippen molar-refractivity contribution >= 4 is 0 Å². The lowest BCUT2D eigenvalue weighted by atomic mass is 10.1. The molecule has 0 saturated carbocycles. The first-order valence-electron chi connectivity index (χ1n) is 2.00. The average molecular weight is 99.1 g/mol. The van der Waals surface area contributed by atoms with E-state index < -0.39 is 5.54 Å². The second-order valence-electron chi connectivity index (χ2n) is 1.72. The molecule has 0 aromatic heterocycles. The number of terminal acetylenes is 1. The lowest BCUT2D eigenvalue weighted by Gasteiger charge is -2.11. The van der Waals surface area contributed by atoms with Crippen molar-refractivity contribution in [1.82, 2.24) is 0 Å². The van der Waals surface area contributed by atoms with Crippen molar-refractivity contribution in [3.8, 4) is 12.3 Å². The van der Waals surface area contributed by atoms with Crippen LogP contribution in [0, 0.1) is 12.3 Å². The maximum absolute atomic E-state index is 8.33. The summed E-state index contributed by atoms with van der Waals surface area (Å²) in [5.41, 5.74) is 4.40. The average Bonchev–Trinajstić information content (AvgIpc) is 1.68. The summed E-state index contributed by atoms with van der Waals surface area (Å²) < 4.78 is 0. The van der Waals surface area contributed by atoms with Gasteiger partial charge in [-0.25, -0.2) is 0 Å². The Bertz CT molecular complexity index is 90.7. The highest BCUT2D eigenvalue weighted by atomic mass is 16.3. The summed E-state index contributed by atoms with van der Waals surface area (Å²) in [6, 6.07) is 0. The normalized spacial score (nSPS) is 17.4. The molecule has 0 aliphatic heterocycles. The quantitative estimate of drug-likeness (QED) is 0.428. The minimum Gasteiger partial charge on any atom is -0.393 e. The fraction of sp³-hybridized carbons (Fsp3) is 0.600. The minimum atomic E-state index is -0.833. The molecule has 3 N–H and O–H groups in total. The largest absolute Gasteiger partial charge is 0.393 e. The van der Waals surface area contributed by atoms with E-state index in [2.05, 4.69) is 5.92 Å². The van der Waals surface area contributed by atoms with Crippen LogP contribution in [-0.2, 0) is 0 Å². The maximum Gasteiger partial charge on any atom is 0.0978 e. The molecule has 0 aromatic rings. The monoisotopic (exact) mass is 99.1 g/mol. The molecule has 0 amide bonds. The number of hydrogen-bond acceptors (Lipinski definition) is 2. The fourth-order valence-electron chi connectivity index (χ4n) is 0.0456. The molecule has 1 atom stereocenters. The van der Waals surface area contributed by atoms with Gasteiger partial charge in [0.05, 0.1) is 12.1 Å². The highest BCUT2D eigenvalue weighted by Crippen LogP contribution is 1.90. The number of nitrogens with two attached hydrogens (primary N) is 1. The van der Waals surface area contributed by atoms with E-state index in [1.807, 2.05) is 0 Å². The molecule has 0 spiro atoms. The third kappa shape index (κ3) is 2.21. The van der Waals surface area contributed by atoms with E-state index >= 15 is 0 Å². The molecular weight excluding hydrogens is 90.1 g/mol. The zero-order chi connectivity index (χ0) is 5.91. The van der Waals surface area contributed by atoms with Crippen LogP contribution in [-0.4, -0.2) is 17.3 Å². The molecule has 0 aromatic carbocycles. The van der Waals surface area contributed by atoms with Crippen molar-refractivity contribution in [2.45, 2.75) is 12.5 Å². The van der Waals surface area contributed by atoms with Crippen LogP contribution in [0.25, 0.3) is 0 Å². The Labute approximate surface area is 43.3 Å². The molecule has 0 unspecified atom stereocenters. The molecule has 0 bridgehead atoms. The van der Waals surface area contributed by atoms with Crippen molar-refractivity contribution in [1.29, 1.82) is 0 Å². The van der Waals surface area contributed by atoms with Gasteiger partial charge >= 0.3 is 0 Å². The van der Waals surface area contributed by atoms with Gasteiger partial charge in [0.1, 0.15) is 0 Å². The molecule has 2 heteroatoms. The topological polar surface area (TPSA) is 46.2 Å². The predicted molar refractivity (Wildman–Crippen MR) is 28.5 cm³/mol. The Hall–Kier alpha value is -0.520. The van der Waals surface area contributed by atoms with Gasteiger partial charge in [0.25, 0.3) is 0 Å². The second-order valence-corrected chi connectivity index (χ2v) is 1.72. The third-order valence-corrected chi connectivity index (χ3v) is 0.658. The van der Waals surface area contributed by atoms with Crippen molar-refractivity contribution in [2.24, 2.45) is 5.73 Å². The summed E-state index contributed by atoms with van der Waals surface area (Å²) in [5.74, 6) is 2.22. The van der Waals surface area contributed by atoms with Gasteiger partial charge in [-0.2, -0.15) is 0 Å². The molecule has 0 aliphatic carbocycles. The van der Waals surface area contributed by atoms with Crippen LogP contribution in [0.5, 0.6) is 0 Å². The van der Waals surface area contributed by atoms with E-state index in [0.717, 1.165) is 0 Å². The SMILES string of the molecule is C#C[C@](C)(N)CO. The molecular formula is C5H9NO. The fourth-order valence-corrected chi connectivity index (χ4v) is 0.0456. The first-order valence-corrected chi connectivity index (χ1v) is 2.00. The maximum atomic E-state index is 8.33. The smallest absolute Gasteiger partial charge is 0.0978 e. The van der Waals surface area contributed by atoms with Gasteiger partial charge in [0, 0.05) is 0 Å². The molecule has 40 valence electrons. The van der Waals surface area contributed by atoms with Gasteiger partial charge in [-0.3, -0.25) is 0 Å². The molecule has 0 radical (unpaired) electrons. The van der Waals surface area contributed by atoms with E-state index in [9.17, 15) is 0 Å². The molecule has 2 nitrogen and oxygen atoms in total. The van der Waals surface area contributed by atoms with Crippen LogP contribution in [0.15, 0.2) is 0 Å². The summed E-state index contributed by atoms with van der Waals surface area (Å²) in [7, 11) is 0. The number of aliphatic hydroxyl groups excluding tert-OH is 1. The molecule has 0 aliphatic rings. The van der Waals surface area contributed by atoms with Crippen molar-refractivity contribution < 1.29 is 5.11 Å². The lowest BCUT2D eigenvalue weighted by Crippen LogP contribution is -2.37. The standard InChI is InChI=1S/C5H9NO/c1-3-5(2,6)4-7/h1,7H,4,6H2,2H3/t5-/m0/s1. The van der Waals surface area contributed by atoms with Crippen LogP contribution < -0.4 is 5.73 Å². The summed E-state index contributed by atoms with van der Waals surface area (Å²) in [6.45, 7) is 1.43. The van der Waals surface area contributed by atoms with Crippen molar-refractivity contribution in [3.05, 3.63) is 0 Å². The van der Waals surface area contributed by atoms with E-state index in [-0.39, 0.29) is 6.61 Å². The second kappa shape index (κ2) is 1.97. The Balaban J connectivity index is 3.66. The number of rotatable bonds is 1. The Kier molecular flexibility index (Phi) is 1.82. The molecule has 7 heavy (non-hydrogen) atoms. The van der Waals surface area contributed by atoms with Crippen LogP contribution >= 0.6 is 0 Å². The molecule has 0 heterocycles. The predicted octanol–water partition coefficient (Wildman–Crippen LogP) is -0.671. The molecule has 0 fully saturated rings. The van der Waals surface area contributed by atoms with Gasteiger partial charge in [0.2, 0.25) is 0 Å². The van der Waals surface area contributed by atoms with Crippen molar-refractivity contribution in [2.75, 3.05) is 6.61 Å². The first kappa shape index (κ1) is 6.48. The van der Waals surface area contributed by atoms with Crippen molar-refractivity contribution in [3.63, 3.8) is 0 Å². The van der Waals surface area contributed by atoms with E-state index in [4.69, 9.17) is 17.3 Å². The van der Waals surface area contributed by atoms with Crippen LogP contribution in [0.2, 0.25) is 0 Å². The van der Waals surface area contributed by atoms with E-state index in [1.165, 1.54) is 0 Å². The Morgan fingerprint density at radius 1 is 2.00 bits per heavy atom. The van der Waals surface area contributed by atoms with Gasteiger partial charge in [-0.1, -0.05) is 5.92 Å². The zero-order valence-electron chi connectivity index (χ0n) is 4.31. The third-order valence-electron chi connectivity index (χ3n) is 0.658. The molecule has 0 rings (SSSR count).